The number of amides is 1. The van der Waals surface area contributed by atoms with Crippen molar-refractivity contribution in [1.29, 1.82) is 0 Å². The number of aliphatic hydroxyl groups is 1. The SMILES string of the molecule is CCC(O)CCNC(=O)c1cnc2ccc(C)cn2c1=O. The van der Waals surface area contributed by atoms with Gasteiger partial charge in [-0.25, -0.2) is 4.98 Å². The predicted molar refractivity (Wildman–Crippen MR) is 79.4 cm³/mol. The van der Waals surface area contributed by atoms with E-state index in [1.165, 1.54) is 10.6 Å². The fourth-order valence-electron chi connectivity index (χ4n) is 1.99. The summed E-state index contributed by atoms with van der Waals surface area (Å²) < 4.78 is 1.37. The van der Waals surface area contributed by atoms with E-state index in [0.29, 0.717) is 25.0 Å². The molecule has 0 aliphatic rings. The first-order chi connectivity index (χ1) is 10.0. The van der Waals surface area contributed by atoms with Crippen LogP contribution in [-0.4, -0.2) is 33.0 Å². The maximum atomic E-state index is 12.3. The number of pyridine rings is 1. The van der Waals surface area contributed by atoms with Gasteiger partial charge in [-0.15, -0.1) is 0 Å². The van der Waals surface area contributed by atoms with E-state index in [1.807, 2.05) is 19.9 Å². The van der Waals surface area contributed by atoms with Gasteiger partial charge in [0, 0.05) is 18.9 Å². The highest BCUT2D eigenvalue weighted by Crippen LogP contribution is 2.02. The fraction of sp³-hybridized carbons (Fsp3) is 0.400. The van der Waals surface area contributed by atoms with Gasteiger partial charge < -0.3 is 10.4 Å². The van der Waals surface area contributed by atoms with Gasteiger partial charge in [0.05, 0.1) is 6.10 Å². The Bertz CT molecular complexity index is 709. The minimum atomic E-state index is -0.466. The maximum absolute atomic E-state index is 12.3. The van der Waals surface area contributed by atoms with Crippen molar-refractivity contribution in [2.75, 3.05) is 6.54 Å². The molecule has 0 spiro atoms. The number of hydrogen-bond donors (Lipinski definition) is 2. The van der Waals surface area contributed by atoms with Crippen molar-refractivity contribution in [3.05, 3.63) is 46.0 Å². The Balaban J connectivity index is 2.20. The lowest BCUT2D eigenvalue weighted by molar-refractivity contribution is 0.0940. The number of fused-ring (bicyclic) bond motifs is 1. The third-order valence-corrected chi connectivity index (χ3v) is 3.33. The summed E-state index contributed by atoms with van der Waals surface area (Å²) in [6.45, 7) is 4.06. The van der Waals surface area contributed by atoms with Crippen molar-refractivity contribution in [2.24, 2.45) is 0 Å². The molecule has 0 saturated carbocycles. The average Bonchev–Trinajstić information content (AvgIpc) is 2.47. The third kappa shape index (κ3) is 3.46. The molecule has 1 unspecified atom stereocenters. The van der Waals surface area contributed by atoms with E-state index in [-0.39, 0.29) is 5.56 Å². The van der Waals surface area contributed by atoms with Gasteiger partial charge in [0.15, 0.2) is 0 Å². The number of carbonyl (C=O) groups is 1. The highest BCUT2D eigenvalue weighted by Gasteiger charge is 2.13. The minimum absolute atomic E-state index is 0.00379. The summed E-state index contributed by atoms with van der Waals surface area (Å²) in [6.07, 6.45) is 3.60. The molecule has 2 N–H and O–H groups in total. The van der Waals surface area contributed by atoms with Crippen LogP contribution in [0.25, 0.3) is 5.65 Å². The highest BCUT2D eigenvalue weighted by atomic mass is 16.3. The second kappa shape index (κ2) is 6.49. The molecule has 2 heterocycles. The topological polar surface area (TPSA) is 83.7 Å². The Kier molecular flexibility index (Phi) is 4.70. The summed E-state index contributed by atoms with van der Waals surface area (Å²) in [4.78, 5) is 28.4. The van der Waals surface area contributed by atoms with E-state index in [4.69, 9.17) is 0 Å². The molecule has 21 heavy (non-hydrogen) atoms. The molecule has 112 valence electrons. The van der Waals surface area contributed by atoms with Crippen LogP contribution in [0.4, 0.5) is 0 Å². The molecule has 0 aliphatic carbocycles. The van der Waals surface area contributed by atoms with Crippen LogP contribution in [0.1, 0.15) is 35.7 Å². The zero-order chi connectivity index (χ0) is 15.4. The summed E-state index contributed by atoms with van der Waals surface area (Å²) in [7, 11) is 0. The van der Waals surface area contributed by atoms with Crippen molar-refractivity contribution in [3.8, 4) is 0 Å². The summed E-state index contributed by atoms with van der Waals surface area (Å²) in [5.41, 5.74) is 1.03. The minimum Gasteiger partial charge on any atom is -0.393 e. The Hall–Kier alpha value is -2.21. The van der Waals surface area contributed by atoms with Crippen LogP contribution in [-0.2, 0) is 0 Å². The first kappa shape index (κ1) is 15.2. The molecule has 1 amide bonds. The van der Waals surface area contributed by atoms with Crippen LogP contribution in [0.15, 0.2) is 29.3 Å². The zero-order valence-corrected chi connectivity index (χ0v) is 12.2. The summed E-state index contributed by atoms with van der Waals surface area (Å²) in [6, 6.07) is 3.59. The lowest BCUT2D eigenvalue weighted by Gasteiger charge is -2.09. The number of aryl methyl sites for hydroxylation is 1. The molecule has 2 rings (SSSR count). The van der Waals surface area contributed by atoms with E-state index < -0.39 is 17.6 Å². The van der Waals surface area contributed by atoms with Crippen molar-refractivity contribution in [1.82, 2.24) is 14.7 Å². The number of aliphatic hydroxyl groups excluding tert-OH is 1. The molecular formula is C15H19N3O3. The van der Waals surface area contributed by atoms with Gasteiger partial charge in [-0.3, -0.25) is 14.0 Å². The van der Waals surface area contributed by atoms with Gasteiger partial charge in [0.1, 0.15) is 11.2 Å². The number of carbonyl (C=O) groups excluding carboxylic acids is 1. The van der Waals surface area contributed by atoms with E-state index in [9.17, 15) is 14.7 Å². The summed E-state index contributed by atoms with van der Waals surface area (Å²) >= 11 is 0. The van der Waals surface area contributed by atoms with Crippen LogP contribution < -0.4 is 10.9 Å². The number of nitrogens with zero attached hydrogens (tertiary/aromatic N) is 2. The lowest BCUT2D eigenvalue weighted by atomic mass is 10.2. The summed E-state index contributed by atoms with van der Waals surface area (Å²) in [5, 5.41) is 12.1. The molecule has 0 aromatic carbocycles. The monoisotopic (exact) mass is 289 g/mol. The Morgan fingerprint density at radius 2 is 2.24 bits per heavy atom. The van der Waals surface area contributed by atoms with Gasteiger partial charge in [0.2, 0.25) is 0 Å². The smallest absolute Gasteiger partial charge is 0.270 e. The second-order valence-corrected chi connectivity index (χ2v) is 5.02. The quantitative estimate of drug-likeness (QED) is 0.856. The number of hydrogen-bond acceptors (Lipinski definition) is 4. The predicted octanol–water partition coefficient (Wildman–Crippen LogP) is 0.894. The molecule has 0 saturated heterocycles. The van der Waals surface area contributed by atoms with Crippen molar-refractivity contribution in [3.63, 3.8) is 0 Å². The van der Waals surface area contributed by atoms with Gasteiger partial charge >= 0.3 is 0 Å². The van der Waals surface area contributed by atoms with Gasteiger partial charge in [-0.1, -0.05) is 13.0 Å². The standard InChI is InChI=1S/C15H19N3O3/c1-3-11(19)6-7-16-14(20)12-8-17-13-5-4-10(2)9-18(13)15(12)21/h4-5,8-9,11,19H,3,6-7H2,1-2H3,(H,16,20). The van der Waals surface area contributed by atoms with Crippen LogP contribution in [0.2, 0.25) is 0 Å². The first-order valence-corrected chi connectivity index (χ1v) is 6.97. The van der Waals surface area contributed by atoms with E-state index in [2.05, 4.69) is 10.3 Å². The molecule has 0 radical (unpaired) electrons. The average molecular weight is 289 g/mol. The molecule has 1 atom stereocenters. The van der Waals surface area contributed by atoms with Gasteiger partial charge in [-0.2, -0.15) is 0 Å². The Morgan fingerprint density at radius 1 is 1.48 bits per heavy atom. The molecule has 6 nitrogen and oxygen atoms in total. The number of aromatic nitrogens is 2. The molecule has 2 aromatic heterocycles. The van der Waals surface area contributed by atoms with Gasteiger partial charge in [0.25, 0.3) is 11.5 Å². The van der Waals surface area contributed by atoms with Crippen molar-refractivity contribution < 1.29 is 9.90 Å². The van der Waals surface area contributed by atoms with Gasteiger partial charge in [-0.05, 0) is 31.4 Å². The fourth-order valence-corrected chi connectivity index (χ4v) is 1.99. The number of rotatable bonds is 5. The normalized spacial score (nSPS) is 12.3. The molecule has 0 aliphatic heterocycles. The van der Waals surface area contributed by atoms with Crippen molar-refractivity contribution in [2.45, 2.75) is 32.8 Å². The Labute approximate surface area is 122 Å². The maximum Gasteiger partial charge on any atom is 0.270 e. The van der Waals surface area contributed by atoms with Crippen LogP contribution >= 0.6 is 0 Å². The van der Waals surface area contributed by atoms with Crippen LogP contribution in [0, 0.1) is 6.92 Å². The van der Waals surface area contributed by atoms with E-state index in [1.54, 1.807) is 12.3 Å². The molecule has 0 bridgehead atoms. The number of nitrogens with one attached hydrogen (secondary N) is 1. The zero-order valence-electron chi connectivity index (χ0n) is 12.2. The molecular weight excluding hydrogens is 270 g/mol. The molecule has 6 heteroatoms. The second-order valence-electron chi connectivity index (χ2n) is 5.02. The van der Waals surface area contributed by atoms with Crippen LogP contribution in [0.3, 0.4) is 0 Å². The molecule has 2 aromatic rings. The van der Waals surface area contributed by atoms with Crippen LogP contribution in [0.5, 0.6) is 0 Å². The molecule has 0 fully saturated rings. The van der Waals surface area contributed by atoms with E-state index in [0.717, 1.165) is 5.56 Å². The lowest BCUT2D eigenvalue weighted by Crippen LogP contribution is -2.33. The summed E-state index contributed by atoms with van der Waals surface area (Å²) in [5.74, 6) is -0.466. The Morgan fingerprint density at radius 3 is 2.95 bits per heavy atom. The largest absolute Gasteiger partial charge is 0.393 e. The van der Waals surface area contributed by atoms with Crippen molar-refractivity contribution >= 4 is 11.6 Å². The first-order valence-electron chi connectivity index (χ1n) is 6.97. The van der Waals surface area contributed by atoms with E-state index >= 15 is 0 Å². The third-order valence-electron chi connectivity index (χ3n) is 3.33. The highest BCUT2D eigenvalue weighted by molar-refractivity contribution is 5.93.